The molecular weight excluding hydrogens is 250 g/mol. The van der Waals surface area contributed by atoms with Crippen molar-refractivity contribution in [2.45, 2.75) is 67.7 Å². The van der Waals surface area contributed by atoms with E-state index in [2.05, 4.69) is 39.9 Å². The summed E-state index contributed by atoms with van der Waals surface area (Å²) >= 11 is 0. The SMILES string of the molecule is CC(C)COCCCCC(C)(C)C(=O)NCC(C)(C)C. The maximum Gasteiger partial charge on any atom is 0.225 e. The molecule has 0 heterocycles. The Balaban J connectivity index is 3.85. The molecule has 0 aromatic heterocycles. The van der Waals surface area contributed by atoms with Crippen molar-refractivity contribution in [1.29, 1.82) is 0 Å². The van der Waals surface area contributed by atoms with Gasteiger partial charge in [-0.2, -0.15) is 0 Å². The van der Waals surface area contributed by atoms with Crippen LogP contribution in [0.1, 0.15) is 67.7 Å². The molecule has 0 atom stereocenters. The van der Waals surface area contributed by atoms with E-state index in [9.17, 15) is 4.79 Å². The highest BCUT2D eigenvalue weighted by Crippen LogP contribution is 2.24. The highest BCUT2D eigenvalue weighted by Gasteiger charge is 2.27. The van der Waals surface area contributed by atoms with Gasteiger partial charge in [-0.05, 0) is 24.2 Å². The van der Waals surface area contributed by atoms with Crippen LogP contribution in [0.5, 0.6) is 0 Å². The maximum atomic E-state index is 12.2. The third-order valence-corrected chi connectivity index (χ3v) is 3.19. The molecule has 20 heavy (non-hydrogen) atoms. The van der Waals surface area contributed by atoms with E-state index >= 15 is 0 Å². The summed E-state index contributed by atoms with van der Waals surface area (Å²) in [4.78, 5) is 12.2. The first-order valence-electron chi connectivity index (χ1n) is 7.91. The molecule has 0 spiro atoms. The first kappa shape index (κ1) is 19.4. The van der Waals surface area contributed by atoms with Gasteiger partial charge >= 0.3 is 0 Å². The van der Waals surface area contributed by atoms with Crippen LogP contribution in [0.25, 0.3) is 0 Å². The van der Waals surface area contributed by atoms with Gasteiger partial charge in [0.1, 0.15) is 0 Å². The maximum absolute atomic E-state index is 12.2. The van der Waals surface area contributed by atoms with Crippen LogP contribution in [0.4, 0.5) is 0 Å². The average Bonchev–Trinajstić information content (AvgIpc) is 2.29. The number of rotatable bonds is 9. The molecule has 0 aliphatic carbocycles. The summed E-state index contributed by atoms with van der Waals surface area (Å²) in [7, 11) is 0. The number of unbranched alkanes of at least 4 members (excludes halogenated alkanes) is 1. The number of carbonyl (C=O) groups excluding carboxylic acids is 1. The van der Waals surface area contributed by atoms with Crippen LogP contribution in [0, 0.1) is 16.7 Å². The van der Waals surface area contributed by atoms with Crippen LogP contribution in [-0.4, -0.2) is 25.7 Å². The molecule has 0 radical (unpaired) electrons. The Kier molecular flexibility index (Phi) is 8.41. The third-order valence-electron chi connectivity index (χ3n) is 3.19. The van der Waals surface area contributed by atoms with Crippen molar-refractivity contribution in [3.8, 4) is 0 Å². The minimum atomic E-state index is -0.288. The van der Waals surface area contributed by atoms with Crippen molar-refractivity contribution in [3.05, 3.63) is 0 Å². The fraction of sp³-hybridized carbons (Fsp3) is 0.941. The molecule has 0 bridgehead atoms. The lowest BCUT2D eigenvalue weighted by Crippen LogP contribution is -2.40. The summed E-state index contributed by atoms with van der Waals surface area (Å²) in [6, 6.07) is 0. The number of nitrogens with one attached hydrogen (secondary N) is 1. The van der Waals surface area contributed by atoms with Gasteiger partial charge in [-0.1, -0.05) is 54.9 Å². The minimum absolute atomic E-state index is 0.135. The molecule has 0 aliphatic heterocycles. The predicted molar refractivity (Wildman–Crippen MR) is 85.8 cm³/mol. The standard InChI is InChI=1S/C17H35NO2/c1-14(2)12-20-11-9-8-10-17(6,7)15(19)18-13-16(3,4)5/h14H,8-13H2,1-7H3,(H,18,19). The molecule has 0 fully saturated rings. The zero-order chi connectivity index (χ0) is 15.8. The van der Waals surface area contributed by atoms with Crippen molar-refractivity contribution >= 4 is 5.91 Å². The normalized spacial score (nSPS) is 12.8. The predicted octanol–water partition coefficient (Wildman–Crippen LogP) is 4.02. The van der Waals surface area contributed by atoms with Crippen molar-refractivity contribution in [3.63, 3.8) is 0 Å². The highest BCUT2D eigenvalue weighted by atomic mass is 16.5. The van der Waals surface area contributed by atoms with Crippen molar-refractivity contribution in [1.82, 2.24) is 5.32 Å². The van der Waals surface area contributed by atoms with Crippen molar-refractivity contribution < 1.29 is 9.53 Å². The van der Waals surface area contributed by atoms with E-state index in [4.69, 9.17) is 4.74 Å². The first-order chi connectivity index (χ1) is 9.04. The van der Waals surface area contributed by atoms with Gasteiger partial charge in [0, 0.05) is 25.2 Å². The lowest BCUT2D eigenvalue weighted by molar-refractivity contribution is -0.130. The lowest BCUT2D eigenvalue weighted by atomic mass is 9.85. The second-order valence-corrected chi connectivity index (χ2v) is 8.05. The van der Waals surface area contributed by atoms with Gasteiger partial charge in [0.15, 0.2) is 0 Å². The van der Waals surface area contributed by atoms with Crippen LogP contribution in [0.15, 0.2) is 0 Å². The van der Waals surface area contributed by atoms with Gasteiger partial charge in [-0.3, -0.25) is 4.79 Å². The van der Waals surface area contributed by atoms with Crippen molar-refractivity contribution in [2.24, 2.45) is 16.7 Å². The third kappa shape index (κ3) is 10.2. The quantitative estimate of drug-likeness (QED) is 0.650. The van der Waals surface area contributed by atoms with Gasteiger partial charge in [0.2, 0.25) is 5.91 Å². The largest absolute Gasteiger partial charge is 0.381 e. The number of hydrogen-bond acceptors (Lipinski definition) is 2. The summed E-state index contributed by atoms with van der Waals surface area (Å²) in [5.74, 6) is 0.755. The summed E-state index contributed by atoms with van der Waals surface area (Å²) in [6.45, 7) is 17.1. The number of amides is 1. The van der Waals surface area contributed by atoms with E-state index in [-0.39, 0.29) is 16.7 Å². The Morgan fingerprint density at radius 2 is 1.70 bits per heavy atom. The summed E-state index contributed by atoms with van der Waals surface area (Å²) < 4.78 is 5.56. The summed E-state index contributed by atoms with van der Waals surface area (Å²) in [6.07, 6.45) is 2.98. The monoisotopic (exact) mass is 285 g/mol. The fourth-order valence-electron chi connectivity index (χ4n) is 1.79. The van der Waals surface area contributed by atoms with Crippen LogP contribution in [-0.2, 0) is 9.53 Å². The zero-order valence-corrected chi connectivity index (χ0v) is 14.6. The van der Waals surface area contributed by atoms with E-state index in [0.717, 1.165) is 39.0 Å². The molecule has 0 rings (SSSR count). The molecule has 0 aliphatic rings. The number of ether oxygens (including phenoxy) is 1. The Labute approximate surface area is 125 Å². The average molecular weight is 285 g/mol. The molecule has 1 N–H and O–H groups in total. The van der Waals surface area contributed by atoms with Gasteiger partial charge in [0.05, 0.1) is 0 Å². The second kappa shape index (κ2) is 8.66. The first-order valence-corrected chi connectivity index (χ1v) is 7.91. The number of hydrogen-bond donors (Lipinski definition) is 1. The van der Waals surface area contributed by atoms with Crippen LogP contribution in [0.2, 0.25) is 0 Å². The van der Waals surface area contributed by atoms with Gasteiger partial charge in [0.25, 0.3) is 0 Å². The molecule has 3 heteroatoms. The van der Waals surface area contributed by atoms with E-state index in [0.29, 0.717) is 5.92 Å². The Hall–Kier alpha value is -0.570. The smallest absolute Gasteiger partial charge is 0.225 e. The van der Waals surface area contributed by atoms with Gasteiger partial charge in [-0.15, -0.1) is 0 Å². The fourth-order valence-corrected chi connectivity index (χ4v) is 1.79. The van der Waals surface area contributed by atoms with E-state index in [1.54, 1.807) is 0 Å². The van der Waals surface area contributed by atoms with Crippen molar-refractivity contribution in [2.75, 3.05) is 19.8 Å². The molecule has 120 valence electrons. The Morgan fingerprint density at radius 3 is 2.20 bits per heavy atom. The molecule has 0 unspecified atom stereocenters. The molecule has 0 aromatic rings. The molecule has 3 nitrogen and oxygen atoms in total. The summed E-state index contributed by atoms with van der Waals surface area (Å²) in [5, 5.41) is 3.06. The van der Waals surface area contributed by atoms with E-state index in [1.165, 1.54) is 0 Å². The number of carbonyl (C=O) groups is 1. The molecule has 0 aromatic carbocycles. The van der Waals surface area contributed by atoms with Crippen LogP contribution < -0.4 is 5.32 Å². The molecule has 0 saturated heterocycles. The van der Waals surface area contributed by atoms with Gasteiger partial charge < -0.3 is 10.1 Å². The highest BCUT2D eigenvalue weighted by molar-refractivity contribution is 5.81. The zero-order valence-electron chi connectivity index (χ0n) is 14.6. The minimum Gasteiger partial charge on any atom is -0.381 e. The Morgan fingerprint density at radius 1 is 1.10 bits per heavy atom. The molecular formula is C17H35NO2. The van der Waals surface area contributed by atoms with E-state index in [1.807, 2.05) is 13.8 Å². The molecule has 1 amide bonds. The second-order valence-electron chi connectivity index (χ2n) is 8.05. The Bertz CT molecular complexity index is 277. The van der Waals surface area contributed by atoms with Gasteiger partial charge in [-0.25, -0.2) is 0 Å². The van der Waals surface area contributed by atoms with Crippen LogP contribution in [0.3, 0.4) is 0 Å². The van der Waals surface area contributed by atoms with E-state index < -0.39 is 0 Å². The molecule has 0 saturated carbocycles. The summed E-state index contributed by atoms with van der Waals surface area (Å²) in [5.41, 5.74) is -0.153. The topological polar surface area (TPSA) is 38.3 Å². The van der Waals surface area contributed by atoms with Crippen LogP contribution >= 0.6 is 0 Å². The lowest BCUT2D eigenvalue weighted by Gasteiger charge is -2.26.